The Morgan fingerprint density at radius 3 is 2.27 bits per heavy atom. The molecule has 0 heteroatoms. The highest BCUT2D eigenvalue weighted by Crippen LogP contribution is 2.39. The van der Waals surface area contributed by atoms with Crippen LogP contribution in [-0.2, 0) is 6.42 Å². The first-order valence-corrected chi connectivity index (χ1v) is 4.28. The lowest BCUT2D eigenvalue weighted by Gasteiger charge is -1.98. The van der Waals surface area contributed by atoms with Crippen molar-refractivity contribution >= 4 is 0 Å². The topological polar surface area (TPSA) is 0 Å². The van der Waals surface area contributed by atoms with Gasteiger partial charge in [-0.1, -0.05) is 24.3 Å². The van der Waals surface area contributed by atoms with Crippen molar-refractivity contribution in [1.29, 1.82) is 0 Å². The van der Waals surface area contributed by atoms with Crippen molar-refractivity contribution in [3.8, 4) is 0 Å². The SMILES string of the molecule is [CH2]Cc1ccc(C2CC2)cc1. The zero-order valence-corrected chi connectivity index (χ0v) is 6.72. The minimum atomic E-state index is 0.883. The fourth-order valence-corrected chi connectivity index (χ4v) is 1.37. The van der Waals surface area contributed by atoms with Crippen molar-refractivity contribution in [3.05, 3.63) is 42.3 Å². The molecule has 0 spiro atoms. The minimum Gasteiger partial charge on any atom is -0.0588 e. The summed E-state index contributed by atoms with van der Waals surface area (Å²) in [6.45, 7) is 3.85. The van der Waals surface area contributed by atoms with Crippen LogP contribution in [0.5, 0.6) is 0 Å². The van der Waals surface area contributed by atoms with Gasteiger partial charge in [0.2, 0.25) is 0 Å². The van der Waals surface area contributed by atoms with Gasteiger partial charge in [0.15, 0.2) is 0 Å². The molecule has 0 aliphatic heterocycles. The van der Waals surface area contributed by atoms with Crippen molar-refractivity contribution in [2.24, 2.45) is 0 Å². The van der Waals surface area contributed by atoms with Gasteiger partial charge in [-0.25, -0.2) is 0 Å². The standard InChI is InChI=1S/C11H13/c1-2-9-3-5-10(6-4-9)11-7-8-11/h3-6,11H,1-2,7-8H2. The van der Waals surface area contributed by atoms with Crippen LogP contribution in [0.25, 0.3) is 0 Å². The molecule has 0 atom stereocenters. The third-order valence-corrected chi connectivity index (χ3v) is 2.32. The molecule has 2 rings (SSSR count). The Balaban J connectivity index is 2.19. The summed E-state index contributed by atoms with van der Waals surface area (Å²) in [6.07, 6.45) is 3.69. The van der Waals surface area contributed by atoms with Crippen LogP contribution in [0, 0.1) is 6.92 Å². The molecule has 0 amide bonds. The fourth-order valence-electron chi connectivity index (χ4n) is 1.37. The monoisotopic (exact) mass is 145 g/mol. The number of hydrogen-bond acceptors (Lipinski definition) is 0. The number of rotatable bonds is 2. The van der Waals surface area contributed by atoms with Crippen LogP contribution in [0.4, 0.5) is 0 Å². The zero-order valence-electron chi connectivity index (χ0n) is 6.72. The molecule has 11 heavy (non-hydrogen) atoms. The summed E-state index contributed by atoms with van der Waals surface area (Å²) < 4.78 is 0. The second-order valence-electron chi connectivity index (χ2n) is 3.27. The van der Waals surface area contributed by atoms with Crippen LogP contribution in [-0.4, -0.2) is 0 Å². The summed E-state index contributed by atoms with van der Waals surface area (Å²) in [7, 11) is 0. The van der Waals surface area contributed by atoms with Crippen LogP contribution in [0.3, 0.4) is 0 Å². The molecule has 57 valence electrons. The van der Waals surface area contributed by atoms with Gasteiger partial charge in [-0.15, -0.1) is 0 Å². The van der Waals surface area contributed by atoms with Crippen LogP contribution >= 0.6 is 0 Å². The lowest BCUT2D eigenvalue weighted by molar-refractivity contribution is 1.12. The highest BCUT2D eigenvalue weighted by Gasteiger charge is 2.22. The predicted molar refractivity (Wildman–Crippen MR) is 47.5 cm³/mol. The van der Waals surface area contributed by atoms with E-state index in [2.05, 4.69) is 31.2 Å². The first-order chi connectivity index (χ1) is 5.40. The van der Waals surface area contributed by atoms with Crippen molar-refractivity contribution in [2.45, 2.75) is 25.2 Å². The van der Waals surface area contributed by atoms with E-state index < -0.39 is 0 Å². The molecule has 0 unspecified atom stereocenters. The molecule has 0 saturated heterocycles. The van der Waals surface area contributed by atoms with Crippen molar-refractivity contribution < 1.29 is 0 Å². The number of benzene rings is 1. The van der Waals surface area contributed by atoms with Gasteiger partial charge >= 0.3 is 0 Å². The van der Waals surface area contributed by atoms with Crippen LogP contribution < -0.4 is 0 Å². The first kappa shape index (κ1) is 6.90. The summed E-state index contributed by atoms with van der Waals surface area (Å²) in [5.74, 6) is 0.883. The maximum atomic E-state index is 3.85. The van der Waals surface area contributed by atoms with Gasteiger partial charge in [0, 0.05) is 0 Å². The number of hydrogen-bond donors (Lipinski definition) is 0. The van der Waals surface area contributed by atoms with Crippen molar-refractivity contribution in [3.63, 3.8) is 0 Å². The molecule has 1 aliphatic carbocycles. The lowest BCUT2D eigenvalue weighted by atomic mass is 10.1. The van der Waals surface area contributed by atoms with E-state index in [1.807, 2.05) is 0 Å². The smallest absolute Gasteiger partial charge is 0.0162 e. The van der Waals surface area contributed by atoms with E-state index in [0.29, 0.717) is 0 Å². The second-order valence-corrected chi connectivity index (χ2v) is 3.27. The summed E-state index contributed by atoms with van der Waals surface area (Å²) in [5, 5.41) is 0. The third-order valence-electron chi connectivity index (χ3n) is 2.32. The second kappa shape index (κ2) is 2.69. The highest BCUT2D eigenvalue weighted by atomic mass is 14.3. The lowest BCUT2D eigenvalue weighted by Crippen LogP contribution is -1.82. The molecule has 0 N–H and O–H groups in total. The summed E-state index contributed by atoms with van der Waals surface area (Å²) >= 11 is 0. The Morgan fingerprint density at radius 1 is 1.18 bits per heavy atom. The first-order valence-electron chi connectivity index (χ1n) is 4.28. The van der Waals surface area contributed by atoms with Gasteiger partial charge in [0.25, 0.3) is 0 Å². The van der Waals surface area contributed by atoms with Crippen LogP contribution in [0.15, 0.2) is 24.3 Å². The van der Waals surface area contributed by atoms with Gasteiger partial charge in [0.1, 0.15) is 0 Å². The normalized spacial score (nSPS) is 16.8. The summed E-state index contributed by atoms with van der Waals surface area (Å²) in [5.41, 5.74) is 2.86. The molecule has 0 aromatic heterocycles. The fraction of sp³-hybridized carbons (Fsp3) is 0.364. The van der Waals surface area contributed by atoms with E-state index in [1.165, 1.54) is 24.0 Å². The molecule has 0 nitrogen and oxygen atoms in total. The average Bonchev–Trinajstić information content (AvgIpc) is 2.87. The molecule has 1 aromatic carbocycles. The Morgan fingerprint density at radius 2 is 1.82 bits per heavy atom. The molecule has 1 fully saturated rings. The molecule has 1 saturated carbocycles. The average molecular weight is 145 g/mol. The highest BCUT2D eigenvalue weighted by molar-refractivity contribution is 5.28. The molecule has 1 aromatic rings. The molecular weight excluding hydrogens is 132 g/mol. The van der Waals surface area contributed by atoms with Crippen molar-refractivity contribution in [1.82, 2.24) is 0 Å². The molecule has 0 bridgehead atoms. The quantitative estimate of drug-likeness (QED) is 0.600. The van der Waals surface area contributed by atoms with Gasteiger partial charge in [-0.3, -0.25) is 0 Å². The Bertz CT molecular complexity index is 229. The van der Waals surface area contributed by atoms with E-state index >= 15 is 0 Å². The Hall–Kier alpha value is -0.780. The molecular formula is C11H13. The van der Waals surface area contributed by atoms with E-state index in [9.17, 15) is 0 Å². The predicted octanol–water partition coefficient (Wildman–Crippen LogP) is 2.94. The maximum absolute atomic E-state index is 3.85. The van der Waals surface area contributed by atoms with Crippen LogP contribution in [0.2, 0.25) is 0 Å². The van der Waals surface area contributed by atoms with E-state index in [1.54, 1.807) is 0 Å². The third kappa shape index (κ3) is 1.45. The molecule has 1 aliphatic rings. The Labute approximate surface area is 68.3 Å². The maximum Gasteiger partial charge on any atom is -0.0162 e. The molecule has 1 radical (unpaired) electrons. The van der Waals surface area contributed by atoms with Gasteiger partial charge < -0.3 is 0 Å². The van der Waals surface area contributed by atoms with Crippen molar-refractivity contribution in [2.75, 3.05) is 0 Å². The van der Waals surface area contributed by atoms with E-state index in [4.69, 9.17) is 0 Å². The Kier molecular flexibility index (Phi) is 1.69. The van der Waals surface area contributed by atoms with Gasteiger partial charge in [-0.05, 0) is 43.2 Å². The van der Waals surface area contributed by atoms with E-state index in [0.717, 1.165) is 12.3 Å². The summed E-state index contributed by atoms with van der Waals surface area (Å²) in [4.78, 5) is 0. The van der Waals surface area contributed by atoms with Crippen LogP contribution in [0.1, 0.15) is 29.9 Å². The molecule has 0 heterocycles. The summed E-state index contributed by atoms with van der Waals surface area (Å²) in [6, 6.07) is 8.89. The van der Waals surface area contributed by atoms with Gasteiger partial charge in [-0.2, -0.15) is 0 Å². The largest absolute Gasteiger partial charge is 0.0588 e. The van der Waals surface area contributed by atoms with E-state index in [-0.39, 0.29) is 0 Å². The van der Waals surface area contributed by atoms with Gasteiger partial charge in [0.05, 0.1) is 0 Å². The minimum absolute atomic E-state index is 0.883. The zero-order chi connectivity index (χ0) is 7.68.